The normalized spacial score (nSPS) is 16.1. The SMILES string of the molecule is CC(C)(C)C1CCc2c(sc(NC(=S)NC(=O)c3ccccc3F)c2C(N)=O)C1. The van der Waals surface area contributed by atoms with E-state index < -0.39 is 17.6 Å². The summed E-state index contributed by atoms with van der Waals surface area (Å²) < 4.78 is 13.8. The molecule has 1 aliphatic rings. The molecule has 1 aromatic heterocycles. The van der Waals surface area contributed by atoms with Crippen LogP contribution in [-0.4, -0.2) is 16.9 Å². The van der Waals surface area contributed by atoms with Crippen LogP contribution in [0.5, 0.6) is 0 Å². The van der Waals surface area contributed by atoms with E-state index in [9.17, 15) is 14.0 Å². The molecule has 154 valence electrons. The maximum absolute atomic E-state index is 13.8. The van der Waals surface area contributed by atoms with Gasteiger partial charge in [-0.2, -0.15) is 0 Å². The first-order valence-electron chi connectivity index (χ1n) is 9.39. The van der Waals surface area contributed by atoms with Gasteiger partial charge < -0.3 is 11.1 Å². The summed E-state index contributed by atoms with van der Waals surface area (Å²) in [4.78, 5) is 25.5. The number of hydrogen-bond donors (Lipinski definition) is 3. The monoisotopic (exact) mass is 433 g/mol. The second-order valence-electron chi connectivity index (χ2n) is 8.27. The Morgan fingerprint density at radius 3 is 2.59 bits per heavy atom. The molecule has 29 heavy (non-hydrogen) atoms. The van der Waals surface area contributed by atoms with E-state index in [0.29, 0.717) is 16.5 Å². The van der Waals surface area contributed by atoms with Gasteiger partial charge in [0.25, 0.3) is 11.8 Å². The van der Waals surface area contributed by atoms with Crippen LogP contribution in [0.4, 0.5) is 9.39 Å². The lowest BCUT2D eigenvalue weighted by Gasteiger charge is -2.33. The molecule has 2 aromatic rings. The number of halogens is 1. The smallest absolute Gasteiger partial charge is 0.260 e. The Balaban J connectivity index is 1.80. The van der Waals surface area contributed by atoms with E-state index in [-0.39, 0.29) is 16.1 Å². The first-order chi connectivity index (χ1) is 13.6. The lowest BCUT2D eigenvalue weighted by Crippen LogP contribution is -2.35. The van der Waals surface area contributed by atoms with Gasteiger partial charge in [0.1, 0.15) is 10.8 Å². The molecule has 1 aromatic carbocycles. The highest BCUT2D eigenvalue weighted by Crippen LogP contribution is 2.44. The van der Waals surface area contributed by atoms with Gasteiger partial charge in [-0.25, -0.2) is 4.39 Å². The van der Waals surface area contributed by atoms with E-state index in [0.717, 1.165) is 29.7 Å². The predicted octanol–water partition coefficient (Wildman–Crippen LogP) is 4.26. The molecule has 1 atom stereocenters. The predicted molar refractivity (Wildman–Crippen MR) is 118 cm³/mol. The summed E-state index contributed by atoms with van der Waals surface area (Å²) in [5.74, 6) is -1.31. The summed E-state index contributed by atoms with van der Waals surface area (Å²) >= 11 is 6.65. The minimum Gasteiger partial charge on any atom is -0.365 e. The fraction of sp³-hybridized carbons (Fsp3) is 0.381. The van der Waals surface area contributed by atoms with Crippen molar-refractivity contribution in [3.05, 3.63) is 51.7 Å². The van der Waals surface area contributed by atoms with Crippen molar-refractivity contribution in [2.45, 2.75) is 40.0 Å². The molecule has 0 fully saturated rings. The van der Waals surface area contributed by atoms with Gasteiger partial charge in [0.2, 0.25) is 0 Å². The Morgan fingerprint density at radius 2 is 1.97 bits per heavy atom. The molecule has 0 bridgehead atoms. The minimum absolute atomic E-state index is 0.00767. The highest BCUT2D eigenvalue weighted by Gasteiger charge is 2.33. The van der Waals surface area contributed by atoms with Crippen LogP contribution in [0.2, 0.25) is 0 Å². The molecule has 4 N–H and O–H groups in total. The second-order valence-corrected chi connectivity index (χ2v) is 9.78. The summed E-state index contributed by atoms with van der Waals surface area (Å²) in [6.45, 7) is 6.66. The largest absolute Gasteiger partial charge is 0.365 e. The molecule has 3 rings (SSSR count). The Hall–Kier alpha value is -2.32. The van der Waals surface area contributed by atoms with Crippen molar-refractivity contribution in [1.82, 2.24) is 5.32 Å². The molecule has 0 saturated heterocycles. The summed E-state index contributed by atoms with van der Waals surface area (Å²) in [5.41, 5.74) is 7.10. The van der Waals surface area contributed by atoms with Gasteiger partial charge in [-0.15, -0.1) is 11.3 Å². The number of fused-ring (bicyclic) bond motifs is 1. The van der Waals surface area contributed by atoms with Gasteiger partial charge in [-0.3, -0.25) is 14.9 Å². The van der Waals surface area contributed by atoms with E-state index >= 15 is 0 Å². The van der Waals surface area contributed by atoms with E-state index in [1.165, 1.54) is 29.5 Å². The molecule has 5 nitrogen and oxygen atoms in total. The van der Waals surface area contributed by atoms with Crippen LogP contribution in [0.3, 0.4) is 0 Å². The molecule has 0 spiro atoms. The fourth-order valence-electron chi connectivity index (χ4n) is 3.62. The zero-order chi connectivity index (χ0) is 21.3. The zero-order valence-corrected chi connectivity index (χ0v) is 18.2. The minimum atomic E-state index is -0.657. The Kier molecular flexibility index (Phi) is 6.05. The van der Waals surface area contributed by atoms with Crippen LogP contribution >= 0.6 is 23.6 Å². The number of benzene rings is 1. The highest BCUT2D eigenvalue weighted by atomic mass is 32.1. The Labute approximate surface area is 178 Å². The first-order valence-corrected chi connectivity index (χ1v) is 10.6. The Bertz CT molecular complexity index is 979. The van der Waals surface area contributed by atoms with Crippen molar-refractivity contribution in [2.75, 3.05) is 5.32 Å². The lowest BCUT2D eigenvalue weighted by molar-refractivity contribution is 0.0971. The first kappa shape index (κ1) is 21.4. The second kappa shape index (κ2) is 8.20. The topological polar surface area (TPSA) is 84.2 Å². The van der Waals surface area contributed by atoms with Crippen LogP contribution in [-0.2, 0) is 12.8 Å². The van der Waals surface area contributed by atoms with Crippen LogP contribution in [0, 0.1) is 17.2 Å². The van der Waals surface area contributed by atoms with Gasteiger partial charge in [0, 0.05) is 4.88 Å². The molecule has 0 saturated carbocycles. The van der Waals surface area contributed by atoms with Crippen LogP contribution in [0.1, 0.15) is 58.3 Å². The number of primary amides is 1. The average Bonchev–Trinajstić information content (AvgIpc) is 2.98. The third-order valence-electron chi connectivity index (χ3n) is 5.31. The van der Waals surface area contributed by atoms with Crippen LogP contribution in [0.15, 0.2) is 24.3 Å². The Morgan fingerprint density at radius 1 is 1.28 bits per heavy atom. The van der Waals surface area contributed by atoms with Gasteiger partial charge in [-0.1, -0.05) is 32.9 Å². The number of carbonyl (C=O) groups excluding carboxylic acids is 2. The highest BCUT2D eigenvalue weighted by molar-refractivity contribution is 7.80. The van der Waals surface area contributed by atoms with Gasteiger partial charge >= 0.3 is 0 Å². The standard InChI is InChI=1S/C21H24FN3O2S2/c1-21(2,3)11-8-9-13-15(10-11)29-19(16(13)17(23)26)25-20(28)24-18(27)12-6-4-5-7-14(12)22/h4-7,11H,8-10H2,1-3H3,(H2,23,26)(H2,24,25,27,28). The van der Waals surface area contributed by atoms with Crippen molar-refractivity contribution in [3.63, 3.8) is 0 Å². The van der Waals surface area contributed by atoms with Crippen molar-refractivity contribution < 1.29 is 14.0 Å². The van der Waals surface area contributed by atoms with Gasteiger partial charge in [0.15, 0.2) is 5.11 Å². The number of nitrogens with one attached hydrogen (secondary N) is 2. The fourth-order valence-corrected chi connectivity index (χ4v) is 5.22. The number of thiocarbonyl (C=S) groups is 1. The number of hydrogen-bond acceptors (Lipinski definition) is 4. The number of rotatable bonds is 3. The third-order valence-corrected chi connectivity index (χ3v) is 6.68. The molecular weight excluding hydrogens is 409 g/mol. The van der Waals surface area contributed by atoms with Crippen LogP contribution < -0.4 is 16.4 Å². The van der Waals surface area contributed by atoms with E-state index in [2.05, 4.69) is 31.4 Å². The maximum Gasteiger partial charge on any atom is 0.260 e. The summed E-state index contributed by atoms with van der Waals surface area (Å²) in [6.07, 6.45) is 2.64. The number of nitrogens with two attached hydrogens (primary N) is 1. The van der Waals surface area contributed by atoms with Crippen molar-refractivity contribution in [2.24, 2.45) is 17.1 Å². The molecule has 8 heteroatoms. The quantitative estimate of drug-likeness (QED) is 0.632. The molecule has 1 aliphatic carbocycles. The molecule has 1 unspecified atom stereocenters. The third kappa shape index (κ3) is 4.64. The van der Waals surface area contributed by atoms with Gasteiger partial charge in [-0.05, 0) is 60.5 Å². The molecular formula is C21H24FN3O2S2. The average molecular weight is 434 g/mol. The number of thiophene rings is 1. The van der Waals surface area contributed by atoms with Crippen molar-refractivity contribution in [3.8, 4) is 0 Å². The molecule has 1 heterocycles. The van der Waals surface area contributed by atoms with Crippen molar-refractivity contribution >= 4 is 45.5 Å². The van der Waals surface area contributed by atoms with E-state index in [4.69, 9.17) is 18.0 Å². The lowest BCUT2D eigenvalue weighted by atomic mass is 9.72. The van der Waals surface area contributed by atoms with E-state index in [1.54, 1.807) is 6.07 Å². The van der Waals surface area contributed by atoms with Gasteiger partial charge in [0.05, 0.1) is 11.1 Å². The summed E-state index contributed by atoms with van der Waals surface area (Å²) in [5, 5.41) is 5.89. The summed E-state index contributed by atoms with van der Waals surface area (Å²) in [7, 11) is 0. The molecule has 0 aliphatic heterocycles. The molecule has 2 amide bonds. The number of carbonyl (C=O) groups is 2. The van der Waals surface area contributed by atoms with Crippen LogP contribution in [0.25, 0.3) is 0 Å². The van der Waals surface area contributed by atoms with E-state index in [1.807, 2.05) is 0 Å². The maximum atomic E-state index is 13.8. The number of anilines is 1. The van der Waals surface area contributed by atoms with Crippen molar-refractivity contribution in [1.29, 1.82) is 0 Å². The summed E-state index contributed by atoms with van der Waals surface area (Å²) in [6, 6.07) is 5.65. The zero-order valence-electron chi connectivity index (χ0n) is 16.6. The molecule has 0 radical (unpaired) electrons. The number of amides is 2.